The molecule has 2 aliphatic carbocycles. The lowest BCUT2D eigenvalue weighted by Gasteiger charge is -2.44. The molecule has 1 unspecified atom stereocenters. The largest absolute Gasteiger partial charge is 0.472 e. The molecule has 0 radical (unpaired) electrons. The monoisotopic (exact) mass is 340 g/mol. The third-order valence-corrected chi connectivity index (χ3v) is 6.63. The van der Waals surface area contributed by atoms with Crippen LogP contribution in [-0.2, 0) is 19.1 Å². The van der Waals surface area contributed by atoms with Gasteiger partial charge in [0.2, 0.25) is 0 Å². The van der Waals surface area contributed by atoms with Crippen LogP contribution in [0.2, 0.25) is 0 Å². The van der Waals surface area contributed by atoms with Crippen LogP contribution in [0, 0.1) is 16.7 Å². The number of ether oxygens (including phenoxy) is 2. The van der Waals surface area contributed by atoms with Crippen molar-refractivity contribution in [3.05, 3.63) is 41.4 Å². The fourth-order valence-electron chi connectivity index (χ4n) is 5.22. The molecule has 1 aromatic heterocycles. The van der Waals surface area contributed by atoms with Gasteiger partial charge in [0.25, 0.3) is 0 Å². The lowest BCUT2D eigenvalue weighted by molar-refractivity contribution is -0.146. The predicted octanol–water partition coefficient (Wildman–Crippen LogP) is 3.62. The van der Waals surface area contributed by atoms with Crippen molar-refractivity contribution in [3.63, 3.8) is 0 Å². The van der Waals surface area contributed by atoms with E-state index in [0.717, 1.165) is 36.0 Å². The highest BCUT2D eigenvalue weighted by Crippen LogP contribution is 2.61. The molecule has 5 nitrogen and oxygen atoms in total. The Morgan fingerprint density at radius 3 is 2.80 bits per heavy atom. The first-order valence-electron chi connectivity index (χ1n) is 8.87. The molecule has 2 bridgehead atoms. The van der Waals surface area contributed by atoms with Gasteiger partial charge in [-0.15, -0.1) is 0 Å². The van der Waals surface area contributed by atoms with Gasteiger partial charge in [-0.05, 0) is 43.4 Å². The average molecular weight is 340 g/mol. The number of esters is 2. The molecule has 0 saturated carbocycles. The van der Waals surface area contributed by atoms with Crippen LogP contribution in [0.5, 0.6) is 0 Å². The molecule has 0 N–H and O–H groups in total. The Kier molecular flexibility index (Phi) is 2.79. The van der Waals surface area contributed by atoms with Crippen molar-refractivity contribution >= 4 is 17.7 Å². The van der Waals surface area contributed by atoms with E-state index in [1.54, 1.807) is 18.6 Å². The zero-order valence-electron chi connectivity index (χ0n) is 14.3. The zero-order valence-corrected chi connectivity index (χ0v) is 14.3. The van der Waals surface area contributed by atoms with Gasteiger partial charge in [-0.1, -0.05) is 12.5 Å². The molecule has 5 rings (SSSR count). The quantitative estimate of drug-likeness (QED) is 0.577. The number of hydrogen-bond acceptors (Lipinski definition) is 5. The van der Waals surface area contributed by atoms with Gasteiger partial charge in [0, 0.05) is 12.8 Å². The first-order valence-corrected chi connectivity index (χ1v) is 8.87. The van der Waals surface area contributed by atoms with Crippen LogP contribution in [0.25, 0.3) is 5.76 Å². The predicted molar refractivity (Wildman–Crippen MR) is 87.9 cm³/mol. The van der Waals surface area contributed by atoms with E-state index in [1.165, 1.54) is 0 Å². The maximum atomic E-state index is 13.1. The molecule has 3 heterocycles. The number of carbonyl (C=O) groups excluding carboxylic acids is 2. The summed E-state index contributed by atoms with van der Waals surface area (Å²) >= 11 is 0. The molecule has 130 valence electrons. The Bertz CT molecular complexity index is 845. The number of rotatable bonds is 1. The number of cyclic esters (lactones) is 1. The van der Waals surface area contributed by atoms with Crippen molar-refractivity contribution in [1.82, 2.24) is 0 Å². The Hall–Kier alpha value is -2.30. The molecule has 4 atom stereocenters. The summed E-state index contributed by atoms with van der Waals surface area (Å²) in [6.07, 6.45) is 8.04. The van der Waals surface area contributed by atoms with Crippen LogP contribution in [0.3, 0.4) is 0 Å². The van der Waals surface area contributed by atoms with Gasteiger partial charge in [-0.25, -0.2) is 0 Å². The normalized spacial score (nSPS) is 39.4. The molecular weight excluding hydrogens is 320 g/mol. The average Bonchev–Trinajstić information content (AvgIpc) is 3.25. The van der Waals surface area contributed by atoms with Crippen molar-refractivity contribution in [2.24, 2.45) is 16.7 Å². The molecule has 1 saturated heterocycles. The lowest BCUT2D eigenvalue weighted by atomic mass is 9.56. The van der Waals surface area contributed by atoms with Crippen molar-refractivity contribution in [1.29, 1.82) is 0 Å². The number of fused-ring (bicyclic) bond motifs is 4. The highest BCUT2D eigenvalue weighted by molar-refractivity contribution is 5.96. The van der Waals surface area contributed by atoms with E-state index in [1.807, 2.05) is 13.0 Å². The van der Waals surface area contributed by atoms with Gasteiger partial charge < -0.3 is 13.9 Å². The van der Waals surface area contributed by atoms with Crippen LogP contribution >= 0.6 is 0 Å². The minimum Gasteiger partial charge on any atom is -0.472 e. The highest BCUT2D eigenvalue weighted by Gasteiger charge is 2.61. The minimum absolute atomic E-state index is 0.124. The Morgan fingerprint density at radius 2 is 2.04 bits per heavy atom. The molecule has 0 aromatic carbocycles. The van der Waals surface area contributed by atoms with E-state index >= 15 is 0 Å². The molecular formula is C20H20O5. The summed E-state index contributed by atoms with van der Waals surface area (Å²) in [6.45, 7) is 4.07. The summed E-state index contributed by atoms with van der Waals surface area (Å²) in [4.78, 5) is 25.5. The van der Waals surface area contributed by atoms with Crippen molar-refractivity contribution < 1.29 is 23.5 Å². The van der Waals surface area contributed by atoms with Crippen LogP contribution in [0.4, 0.5) is 0 Å². The molecule has 1 fully saturated rings. The summed E-state index contributed by atoms with van der Waals surface area (Å²) in [6, 6.07) is 1.79. The van der Waals surface area contributed by atoms with Gasteiger partial charge in [0.05, 0.1) is 17.2 Å². The number of furan rings is 1. The van der Waals surface area contributed by atoms with E-state index in [9.17, 15) is 9.59 Å². The van der Waals surface area contributed by atoms with E-state index < -0.39 is 10.8 Å². The van der Waals surface area contributed by atoms with Gasteiger partial charge in [-0.2, -0.15) is 0 Å². The third kappa shape index (κ3) is 1.73. The molecule has 2 aliphatic heterocycles. The molecule has 4 aliphatic rings. The van der Waals surface area contributed by atoms with Crippen LogP contribution in [0.1, 0.15) is 45.1 Å². The Morgan fingerprint density at radius 1 is 1.20 bits per heavy atom. The number of hydrogen-bond donors (Lipinski definition) is 0. The maximum Gasteiger partial charge on any atom is 0.325 e. The number of carbonyl (C=O) groups is 2. The summed E-state index contributed by atoms with van der Waals surface area (Å²) in [5.74, 6) is 0.298. The molecule has 1 aromatic rings. The second kappa shape index (κ2) is 4.65. The molecule has 5 heteroatoms. The molecule has 1 spiro atoms. The fraction of sp³-hybridized carbons (Fsp3) is 0.500. The van der Waals surface area contributed by atoms with E-state index in [4.69, 9.17) is 13.9 Å². The fourth-order valence-corrected chi connectivity index (χ4v) is 5.22. The van der Waals surface area contributed by atoms with Gasteiger partial charge >= 0.3 is 11.9 Å². The van der Waals surface area contributed by atoms with Gasteiger partial charge in [0.1, 0.15) is 23.5 Å². The van der Waals surface area contributed by atoms with Gasteiger partial charge in [0.15, 0.2) is 0 Å². The van der Waals surface area contributed by atoms with Gasteiger partial charge in [-0.3, -0.25) is 9.59 Å². The smallest absolute Gasteiger partial charge is 0.325 e. The summed E-state index contributed by atoms with van der Waals surface area (Å²) in [7, 11) is 0. The standard InChI is InChI=1S/C20H20O5/c1-11-3-4-14-15(7-13-8-19(14,2)17(21)24-13)20(11)9-16(25-18(20)22)12-5-6-23-10-12/h5-6,9-11,13H,3-4,7-8H2,1-2H3/t11-,13?,19+,20+/m1/s1. The second-order valence-corrected chi connectivity index (χ2v) is 7.94. The summed E-state index contributed by atoms with van der Waals surface area (Å²) < 4.78 is 16.4. The molecule has 0 amide bonds. The maximum absolute atomic E-state index is 13.1. The summed E-state index contributed by atoms with van der Waals surface area (Å²) in [5, 5.41) is 0. The Balaban J connectivity index is 1.71. The van der Waals surface area contributed by atoms with E-state index in [-0.39, 0.29) is 24.0 Å². The first kappa shape index (κ1) is 15.0. The highest BCUT2D eigenvalue weighted by atomic mass is 16.6. The van der Waals surface area contributed by atoms with Crippen LogP contribution in [-0.4, -0.2) is 18.0 Å². The zero-order chi connectivity index (χ0) is 17.4. The van der Waals surface area contributed by atoms with Crippen molar-refractivity contribution in [3.8, 4) is 0 Å². The van der Waals surface area contributed by atoms with Crippen LogP contribution in [0.15, 0.2) is 40.2 Å². The topological polar surface area (TPSA) is 65.7 Å². The van der Waals surface area contributed by atoms with E-state index in [2.05, 4.69) is 6.92 Å². The second-order valence-electron chi connectivity index (χ2n) is 7.94. The first-order chi connectivity index (χ1) is 11.9. The van der Waals surface area contributed by atoms with Crippen molar-refractivity contribution in [2.75, 3.05) is 0 Å². The Labute approximate surface area is 145 Å². The van der Waals surface area contributed by atoms with Crippen LogP contribution < -0.4 is 0 Å². The van der Waals surface area contributed by atoms with Crippen molar-refractivity contribution in [2.45, 2.75) is 45.6 Å². The molecule has 25 heavy (non-hydrogen) atoms. The SMILES string of the molecule is C[C@@H]1CCC2=C(CC3C[C@]2(C)C(=O)O3)[C@]12C=C(c1ccoc1)OC2=O. The lowest BCUT2D eigenvalue weighted by Crippen LogP contribution is -2.44. The minimum atomic E-state index is -0.784. The van der Waals surface area contributed by atoms with E-state index in [0.29, 0.717) is 12.2 Å². The summed E-state index contributed by atoms with van der Waals surface area (Å²) in [5.41, 5.74) is 1.55. The third-order valence-electron chi connectivity index (χ3n) is 6.63.